The van der Waals surface area contributed by atoms with E-state index in [1.807, 2.05) is 0 Å². The number of hydrogen-bond acceptors (Lipinski definition) is 6. The molecule has 28 heavy (non-hydrogen) atoms. The van der Waals surface area contributed by atoms with E-state index in [1.54, 1.807) is 18.2 Å². The second kappa shape index (κ2) is 6.15. The summed E-state index contributed by atoms with van der Waals surface area (Å²) in [6, 6.07) is 4.93. The van der Waals surface area contributed by atoms with Crippen LogP contribution in [0, 0.1) is 11.8 Å². The first-order valence-corrected chi connectivity index (χ1v) is 12.9. The van der Waals surface area contributed by atoms with Gasteiger partial charge in [-0.3, -0.25) is 0 Å². The standard InChI is InChI=1S/C18H24N2O6S2/c1-27(21,22)20-10-15-14(17-4-6-18(15,11-20)26-17)9-19-28(23,24)13-2-3-16-12(8-13)5-7-25-16/h2-3,8,14-15,17,19H,4-7,9-11H2,1H3/t14-,15+,17+,18+/m0/s1. The molecule has 4 aliphatic rings. The second-order valence-corrected chi connectivity index (χ2v) is 12.1. The molecule has 0 saturated carbocycles. The van der Waals surface area contributed by atoms with E-state index in [4.69, 9.17) is 9.47 Å². The van der Waals surface area contributed by atoms with Crippen LogP contribution in [0.25, 0.3) is 0 Å². The largest absolute Gasteiger partial charge is 0.493 e. The van der Waals surface area contributed by atoms with E-state index in [2.05, 4.69) is 4.72 Å². The van der Waals surface area contributed by atoms with Gasteiger partial charge in [-0.1, -0.05) is 0 Å². The predicted octanol–water partition coefficient (Wildman–Crippen LogP) is 0.339. The molecule has 0 radical (unpaired) electrons. The molecule has 5 rings (SSSR count). The van der Waals surface area contributed by atoms with E-state index in [1.165, 1.54) is 10.6 Å². The van der Waals surface area contributed by atoms with Gasteiger partial charge in [0.2, 0.25) is 20.0 Å². The Bertz CT molecular complexity index is 1020. The molecule has 0 unspecified atom stereocenters. The number of sulfonamides is 2. The lowest BCUT2D eigenvalue weighted by molar-refractivity contribution is 0.00807. The van der Waals surface area contributed by atoms with Gasteiger partial charge in [0.1, 0.15) is 5.75 Å². The first-order valence-electron chi connectivity index (χ1n) is 9.56. The zero-order valence-corrected chi connectivity index (χ0v) is 17.3. The van der Waals surface area contributed by atoms with Crippen molar-refractivity contribution in [2.24, 2.45) is 11.8 Å². The highest BCUT2D eigenvalue weighted by atomic mass is 32.2. The third-order valence-electron chi connectivity index (χ3n) is 6.70. The van der Waals surface area contributed by atoms with Gasteiger partial charge in [0.05, 0.1) is 29.5 Å². The number of hydrogen-bond donors (Lipinski definition) is 1. The molecule has 1 N–H and O–H groups in total. The fourth-order valence-corrected chi connectivity index (χ4v) is 7.30. The highest BCUT2D eigenvalue weighted by Gasteiger charge is 2.64. The number of benzene rings is 1. The van der Waals surface area contributed by atoms with Crippen molar-refractivity contribution in [3.05, 3.63) is 23.8 Å². The van der Waals surface area contributed by atoms with Crippen molar-refractivity contribution >= 4 is 20.0 Å². The molecule has 1 aromatic carbocycles. The highest BCUT2D eigenvalue weighted by Crippen LogP contribution is 2.55. The van der Waals surface area contributed by atoms with Gasteiger partial charge in [-0.25, -0.2) is 21.6 Å². The maximum Gasteiger partial charge on any atom is 0.240 e. The van der Waals surface area contributed by atoms with Crippen molar-refractivity contribution in [1.82, 2.24) is 9.03 Å². The number of nitrogens with one attached hydrogen (secondary N) is 1. The van der Waals surface area contributed by atoms with Gasteiger partial charge in [-0.2, -0.15) is 4.31 Å². The Morgan fingerprint density at radius 1 is 1.29 bits per heavy atom. The Morgan fingerprint density at radius 3 is 2.89 bits per heavy atom. The summed E-state index contributed by atoms with van der Waals surface area (Å²) >= 11 is 0. The van der Waals surface area contributed by atoms with E-state index >= 15 is 0 Å². The van der Waals surface area contributed by atoms with Gasteiger partial charge in [0, 0.05) is 37.9 Å². The second-order valence-electron chi connectivity index (χ2n) is 8.31. The van der Waals surface area contributed by atoms with Crippen LogP contribution in [0.5, 0.6) is 5.75 Å². The zero-order chi connectivity index (χ0) is 19.7. The average Bonchev–Trinajstić information content (AvgIpc) is 3.37. The van der Waals surface area contributed by atoms with Crippen LogP contribution >= 0.6 is 0 Å². The molecular weight excluding hydrogens is 404 g/mol. The number of fused-ring (bicyclic) bond motifs is 2. The quantitative estimate of drug-likeness (QED) is 0.726. The minimum atomic E-state index is -3.65. The fourth-order valence-electron chi connectivity index (χ4n) is 5.29. The Kier molecular flexibility index (Phi) is 4.13. The molecule has 154 valence electrons. The summed E-state index contributed by atoms with van der Waals surface area (Å²) in [7, 11) is -6.94. The highest BCUT2D eigenvalue weighted by molar-refractivity contribution is 7.89. The lowest BCUT2D eigenvalue weighted by atomic mass is 9.74. The molecule has 1 spiro atoms. The van der Waals surface area contributed by atoms with Gasteiger partial charge in [0.25, 0.3) is 0 Å². The SMILES string of the molecule is CS(=O)(=O)N1C[C@@H]2[C@H](CNS(=O)(=O)c3ccc4c(c3)CCO4)[C@H]3CC[C@]2(C1)O3. The smallest absolute Gasteiger partial charge is 0.240 e. The van der Waals surface area contributed by atoms with E-state index in [9.17, 15) is 16.8 Å². The number of nitrogens with zero attached hydrogens (tertiary/aromatic N) is 1. The summed E-state index contributed by atoms with van der Waals surface area (Å²) in [6.07, 6.45) is 3.59. The van der Waals surface area contributed by atoms with E-state index in [0.717, 1.165) is 24.2 Å². The fraction of sp³-hybridized carbons (Fsp3) is 0.667. The van der Waals surface area contributed by atoms with Gasteiger partial charge in [-0.05, 0) is 36.6 Å². The molecule has 1 aromatic rings. The van der Waals surface area contributed by atoms with E-state index < -0.39 is 25.6 Å². The molecular formula is C18H24N2O6S2. The van der Waals surface area contributed by atoms with Crippen molar-refractivity contribution in [3.8, 4) is 5.75 Å². The number of rotatable bonds is 5. The van der Waals surface area contributed by atoms with Crippen molar-refractivity contribution < 1.29 is 26.3 Å². The minimum Gasteiger partial charge on any atom is -0.493 e. The summed E-state index contributed by atoms with van der Waals surface area (Å²) in [5.74, 6) is 0.749. The molecule has 4 aliphatic heterocycles. The Morgan fingerprint density at radius 2 is 2.11 bits per heavy atom. The van der Waals surface area contributed by atoms with E-state index in [0.29, 0.717) is 26.1 Å². The lowest BCUT2D eigenvalue weighted by Gasteiger charge is -2.29. The van der Waals surface area contributed by atoms with Crippen LogP contribution < -0.4 is 9.46 Å². The molecule has 4 atom stereocenters. The summed E-state index contributed by atoms with van der Waals surface area (Å²) in [4.78, 5) is 0.236. The average molecular weight is 429 g/mol. The van der Waals surface area contributed by atoms with Crippen LogP contribution in [0.2, 0.25) is 0 Å². The van der Waals surface area contributed by atoms with Crippen molar-refractivity contribution in [2.75, 3.05) is 32.5 Å². The summed E-state index contributed by atoms with van der Waals surface area (Å²) < 4.78 is 65.4. The molecule has 0 amide bonds. The first kappa shape index (κ1) is 18.8. The van der Waals surface area contributed by atoms with Gasteiger partial charge < -0.3 is 9.47 Å². The van der Waals surface area contributed by atoms with Crippen LogP contribution in [0.15, 0.2) is 23.1 Å². The molecule has 0 aliphatic carbocycles. The summed E-state index contributed by atoms with van der Waals surface area (Å²) in [6.45, 7) is 1.61. The maximum absolute atomic E-state index is 12.8. The van der Waals surface area contributed by atoms with Crippen molar-refractivity contribution in [1.29, 1.82) is 0 Å². The molecule has 10 heteroatoms. The molecule has 4 heterocycles. The van der Waals surface area contributed by atoms with Crippen LogP contribution in [-0.4, -0.2) is 65.3 Å². The minimum absolute atomic E-state index is 0.0113. The summed E-state index contributed by atoms with van der Waals surface area (Å²) in [5.41, 5.74) is 0.457. The van der Waals surface area contributed by atoms with Gasteiger partial charge in [-0.15, -0.1) is 0 Å². The molecule has 8 nitrogen and oxygen atoms in total. The number of ether oxygens (including phenoxy) is 2. The van der Waals surface area contributed by atoms with Crippen molar-refractivity contribution in [3.63, 3.8) is 0 Å². The Hall–Kier alpha value is -1.20. The zero-order valence-electron chi connectivity index (χ0n) is 15.6. The molecule has 0 aromatic heterocycles. The summed E-state index contributed by atoms with van der Waals surface area (Å²) in [5, 5.41) is 0. The van der Waals surface area contributed by atoms with Crippen LogP contribution in [0.1, 0.15) is 18.4 Å². The Balaban J connectivity index is 1.33. The third-order valence-corrected chi connectivity index (χ3v) is 9.34. The molecule has 3 fully saturated rings. The van der Waals surface area contributed by atoms with Crippen LogP contribution in [0.3, 0.4) is 0 Å². The lowest BCUT2D eigenvalue weighted by Crippen LogP contribution is -2.41. The van der Waals surface area contributed by atoms with Crippen LogP contribution in [-0.2, 0) is 31.2 Å². The first-order chi connectivity index (χ1) is 13.2. The van der Waals surface area contributed by atoms with Crippen molar-refractivity contribution in [2.45, 2.75) is 35.9 Å². The van der Waals surface area contributed by atoms with Gasteiger partial charge >= 0.3 is 0 Å². The predicted molar refractivity (Wildman–Crippen MR) is 101 cm³/mol. The maximum atomic E-state index is 12.8. The normalized spacial score (nSPS) is 34.4. The third kappa shape index (κ3) is 2.88. The molecule has 2 bridgehead atoms. The Labute approximate surface area is 165 Å². The van der Waals surface area contributed by atoms with Crippen LogP contribution in [0.4, 0.5) is 0 Å². The van der Waals surface area contributed by atoms with E-state index in [-0.39, 0.29) is 29.4 Å². The molecule has 3 saturated heterocycles. The monoisotopic (exact) mass is 428 g/mol. The topological polar surface area (TPSA) is 102 Å². The van der Waals surface area contributed by atoms with Gasteiger partial charge in [0.15, 0.2) is 0 Å².